The van der Waals surface area contributed by atoms with Gasteiger partial charge in [0, 0.05) is 36.0 Å². The van der Waals surface area contributed by atoms with Gasteiger partial charge >= 0.3 is 0 Å². The first-order chi connectivity index (χ1) is 11.8. The van der Waals surface area contributed by atoms with Crippen LogP contribution >= 0.6 is 0 Å². The predicted octanol–water partition coefficient (Wildman–Crippen LogP) is 4.38. The number of fused-ring (bicyclic) bond motifs is 1. The van der Waals surface area contributed by atoms with Gasteiger partial charge in [0.15, 0.2) is 0 Å². The van der Waals surface area contributed by atoms with Crippen molar-refractivity contribution in [2.75, 3.05) is 7.11 Å². The minimum Gasteiger partial charge on any atom is -0.496 e. The van der Waals surface area contributed by atoms with Gasteiger partial charge in [-0.05, 0) is 60.0 Å². The van der Waals surface area contributed by atoms with E-state index in [0.29, 0.717) is 0 Å². The van der Waals surface area contributed by atoms with Crippen molar-refractivity contribution in [1.29, 1.82) is 0 Å². The first kappa shape index (κ1) is 14.5. The molecule has 4 aromatic rings. The number of methoxy groups -OCH3 is 1. The van der Waals surface area contributed by atoms with E-state index in [1.54, 1.807) is 19.5 Å². The summed E-state index contributed by atoms with van der Waals surface area (Å²) < 4.78 is 7.64. The number of imidazole rings is 1. The van der Waals surface area contributed by atoms with Gasteiger partial charge in [0.25, 0.3) is 0 Å². The molecule has 0 bridgehead atoms. The summed E-state index contributed by atoms with van der Waals surface area (Å²) in [4.78, 5) is 8.54. The molecule has 0 spiro atoms. The number of hydrogen-bond donors (Lipinski definition) is 0. The summed E-state index contributed by atoms with van der Waals surface area (Å²) in [6.07, 6.45) is 7.53. The number of hydrogen-bond acceptors (Lipinski definition) is 3. The van der Waals surface area contributed by atoms with Gasteiger partial charge in [0.05, 0.1) is 7.11 Å². The van der Waals surface area contributed by atoms with E-state index < -0.39 is 0 Å². The van der Waals surface area contributed by atoms with Crippen molar-refractivity contribution in [2.24, 2.45) is 0 Å². The minimum atomic E-state index is 0.848. The van der Waals surface area contributed by atoms with Crippen molar-refractivity contribution in [3.05, 3.63) is 72.9 Å². The Morgan fingerprint density at radius 3 is 2.54 bits per heavy atom. The van der Waals surface area contributed by atoms with Crippen LogP contribution in [0.1, 0.15) is 5.69 Å². The molecule has 0 aliphatic heterocycles. The van der Waals surface area contributed by atoms with Gasteiger partial charge in [-0.3, -0.25) is 4.98 Å². The molecule has 0 unspecified atom stereocenters. The van der Waals surface area contributed by atoms with E-state index in [0.717, 1.165) is 39.3 Å². The smallest absolute Gasteiger partial charge is 0.137 e. The third-order valence-corrected chi connectivity index (χ3v) is 4.22. The third kappa shape index (κ3) is 2.42. The zero-order valence-corrected chi connectivity index (χ0v) is 13.6. The van der Waals surface area contributed by atoms with Crippen molar-refractivity contribution in [3.8, 4) is 28.0 Å². The monoisotopic (exact) mass is 315 g/mol. The average Bonchev–Trinajstić information content (AvgIpc) is 3.02. The molecule has 0 N–H and O–H groups in total. The molecule has 118 valence electrons. The molecule has 24 heavy (non-hydrogen) atoms. The van der Waals surface area contributed by atoms with Gasteiger partial charge in [-0.25, -0.2) is 4.98 Å². The lowest BCUT2D eigenvalue weighted by molar-refractivity contribution is 0.416. The molecule has 1 aromatic carbocycles. The molecule has 0 aliphatic carbocycles. The Hall–Kier alpha value is -3.14. The van der Waals surface area contributed by atoms with Gasteiger partial charge in [-0.2, -0.15) is 0 Å². The van der Waals surface area contributed by atoms with E-state index >= 15 is 0 Å². The first-order valence-corrected chi connectivity index (χ1v) is 7.79. The van der Waals surface area contributed by atoms with Crippen molar-refractivity contribution in [3.63, 3.8) is 0 Å². The Kier molecular flexibility index (Phi) is 3.50. The molecule has 0 atom stereocenters. The second-order valence-electron chi connectivity index (χ2n) is 5.69. The molecule has 4 nitrogen and oxygen atoms in total. The van der Waals surface area contributed by atoms with Crippen LogP contribution in [-0.4, -0.2) is 21.5 Å². The van der Waals surface area contributed by atoms with E-state index in [1.807, 2.05) is 37.5 Å². The lowest BCUT2D eigenvalue weighted by atomic mass is 9.99. The molecule has 0 radical (unpaired) electrons. The maximum Gasteiger partial charge on any atom is 0.137 e. The molecule has 4 rings (SSSR count). The summed E-state index contributed by atoms with van der Waals surface area (Å²) in [5.74, 6) is 0.848. The van der Waals surface area contributed by atoms with Crippen molar-refractivity contribution in [2.45, 2.75) is 6.92 Å². The third-order valence-electron chi connectivity index (χ3n) is 4.22. The topological polar surface area (TPSA) is 39.4 Å². The van der Waals surface area contributed by atoms with Crippen molar-refractivity contribution < 1.29 is 4.74 Å². The molecule has 3 heterocycles. The Morgan fingerprint density at radius 1 is 0.917 bits per heavy atom. The standard InChI is InChI=1S/C20H17N3O/c1-14-13-22-20-12-17(7-10-23(14)20)18-11-16(3-4-19(18)24-2)15-5-8-21-9-6-15/h3-13H,1-2H3. The van der Waals surface area contributed by atoms with E-state index in [1.165, 1.54) is 0 Å². The van der Waals surface area contributed by atoms with Crippen LogP contribution in [0.4, 0.5) is 0 Å². The fraction of sp³-hybridized carbons (Fsp3) is 0.100. The van der Waals surface area contributed by atoms with Crippen LogP contribution in [0.25, 0.3) is 27.9 Å². The van der Waals surface area contributed by atoms with Gasteiger partial charge in [-0.15, -0.1) is 0 Å². The lowest BCUT2D eigenvalue weighted by Crippen LogP contribution is -1.92. The van der Waals surface area contributed by atoms with Crippen molar-refractivity contribution >= 4 is 5.65 Å². The molecule has 0 saturated heterocycles. The molecule has 0 aliphatic rings. The van der Waals surface area contributed by atoms with Crippen LogP contribution in [0.2, 0.25) is 0 Å². The SMILES string of the molecule is COc1ccc(-c2ccncc2)cc1-c1ccn2c(C)cnc2c1. The van der Waals surface area contributed by atoms with Crippen molar-refractivity contribution in [1.82, 2.24) is 14.4 Å². The molecular weight excluding hydrogens is 298 g/mol. The highest BCUT2D eigenvalue weighted by Gasteiger charge is 2.10. The molecule has 0 fully saturated rings. The minimum absolute atomic E-state index is 0.848. The normalized spacial score (nSPS) is 10.9. The number of pyridine rings is 2. The zero-order chi connectivity index (χ0) is 16.5. The Balaban J connectivity index is 1.88. The quantitative estimate of drug-likeness (QED) is 0.563. The maximum atomic E-state index is 5.57. The molecule has 3 aromatic heterocycles. The average molecular weight is 315 g/mol. The number of aromatic nitrogens is 3. The molecule has 0 saturated carbocycles. The maximum absolute atomic E-state index is 5.57. The van der Waals surface area contributed by atoms with E-state index in [-0.39, 0.29) is 0 Å². The van der Waals surface area contributed by atoms with Gasteiger partial charge in [0.1, 0.15) is 11.4 Å². The summed E-state index contributed by atoms with van der Waals surface area (Å²) in [6, 6.07) is 14.4. The highest BCUT2D eigenvalue weighted by atomic mass is 16.5. The first-order valence-electron chi connectivity index (χ1n) is 7.79. The summed E-state index contributed by atoms with van der Waals surface area (Å²) in [5.41, 5.74) is 6.45. The number of nitrogens with zero attached hydrogens (tertiary/aromatic N) is 3. The summed E-state index contributed by atoms with van der Waals surface area (Å²) >= 11 is 0. The van der Waals surface area contributed by atoms with Gasteiger partial charge in [0.2, 0.25) is 0 Å². The molecular formula is C20H17N3O. The summed E-state index contributed by atoms with van der Waals surface area (Å²) in [5, 5.41) is 0. The number of rotatable bonds is 3. The van der Waals surface area contributed by atoms with Crippen LogP contribution in [0.5, 0.6) is 5.75 Å². The number of benzene rings is 1. The largest absolute Gasteiger partial charge is 0.496 e. The Morgan fingerprint density at radius 2 is 1.75 bits per heavy atom. The second kappa shape index (κ2) is 5.81. The lowest BCUT2D eigenvalue weighted by Gasteiger charge is -2.12. The number of aryl methyl sites for hydroxylation is 1. The Labute approximate surface area is 140 Å². The van der Waals surface area contributed by atoms with E-state index in [2.05, 4.69) is 38.6 Å². The summed E-state index contributed by atoms with van der Waals surface area (Å²) in [6.45, 7) is 2.05. The van der Waals surface area contributed by atoms with Crippen LogP contribution < -0.4 is 4.74 Å². The van der Waals surface area contributed by atoms with Gasteiger partial charge in [-0.1, -0.05) is 6.07 Å². The van der Waals surface area contributed by atoms with Crippen LogP contribution in [0.15, 0.2) is 67.3 Å². The molecule has 0 amide bonds. The van der Waals surface area contributed by atoms with E-state index in [9.17, 15) is 0 Å². The van der Waals surface area contributed by atoms with Gasteiger partial charge < -0.3 is 9.14 Å². The zero-order valence-electron chi connectivity index (χ0n) is 13.6. The fourth-order valence-corrected chi connectivity index (χ4v) is 2.93. The molecule has 4 heteroatoms. The van der Waals surface area contributed by atoms with Crippen LogP contribution in [0, 0.1) is 6.92 Å². The highest BCUT2D eigenvalue weighted by molar-refractivity contribution is 5.79. The second-order valence-corrected chi connectivity index (χ2v) is 5.69. The van der Waals surface area contributed by atoms with Crippen LogP contribution in [0.3, 0.4) is 0 Å². The fourth-order valence-electron chi connectivity index (χ4n) is 2.93. The summed E-state index contributed by atoms with van der Waals surface area (Å²) in [7, 11) is 1.70. The number of ether oxygens (including phenoxy) is 1. The highest BCUT2D eigenvalue weighted by Crippen LogP contribution is 2.34. The Bertz CT molecular complexity index is 1010. The predicted molar refractivity (Wildman–Crippen MR) is 95.1 cm³/mol. The van der Waals surface area contributed by atoms with Crippen LogP contribution in [-0.2, 0) is 0 Å². The van der Waals surface area contributed by atoms with E-state index in [4.69, 9.17) is 4.74 Å².